The van der Waals surface area contributed by atoms with Crippen LogP contribution in [0.2, 0.25) is 0 Å². The standard InChI is InChI=1S/C21H21N3O4S/c1-13-5-4-6-16(19(13)21(26)22-2)24-20(25)14-7-8-17(18(9-14)27-3)28-10-15-11-29-12-23-15/h4-9,11-12H,10H2,1-3H3,(H,22,26)(H,24,25). The van der Waals surface area contributed by atoms with Crippen molar-refractivity contribution in [3.05, 3.63) is 69.7 Å². The molecule has 0 aliphatic carbocycles. The minimum atomic E-state index is -0.356. The van der Waals surface area contributed by atoms with Crippen LogP contribution in [0.1, 0.15) is 32.0 Å². The second-order valence-corrected chi connectivity index (χ2v) is 6.88. The van der Waals surface area contributed by atoms with E-state index in [1.165, 1.54) is 18.4 Å². The number of rotatable bonds is 7. The molecule has 1 heterocycles. The van der Waals surface area contributed by atoms with E-state index >= 15 is 0 Å². The van der Waals surface area contributed by atoms with Crippen LogP contribution in [-0.2, 0) is 6.61 Å². The zero-order valence-corrected chi connectivity index (χ0v) is 17.1. The summed E-state index contributed by atoms with van der Waals surface area (Å²) in [6, 6.07) is 10.2. The van der Waals surface area contributed by atoms with Crippen molar-refractivity contribution in [1.29, 1.82) is 0 Å². The van der Waals surface area contributed by atoms with E-state index in [2.05, 4.69) is 15.6 Å². The summed E-state index contributed by atoms with van der Waals surface area (Å²) < 4.78 is 11.1. The Hall–Kier alpha value is -3.39. The summed E-state index contributed by atoms with van der Waals surface area (Å²) in [5.74, 6) is 0.328. The molecule has 8 heteroatoms. The third-order valence-corrected chi connectivity index (χ3v) is 4.90. The number of ether oxygens (including phenoxy) is 2. The molecule has 0 bridgehead atoms. The fourth-order valence-electron chi connectivity index (χ4n) is 2.78. The lowest BCUT2D eigenvalue weighted by atomic mass is 10.1. The molecule has 29 heavy (non-hydrogen) atoms. The van der Waals surface area contributed by atoms with Crippen molar-refractivity contribution in [3.63, 3.8) is 0 Å². The number of benzene rings is 2. The van der Waals surface area contributed by atoms with Crippen molar-refractivity contribution in [3.8, 4) is 11.5 Å². The number of thiazole rings is 1. The predicted molar refractivity (Wildman–Crippen MR) is 112 cm³/mol. The Morgan fingerprint density at radius 2 is 1.97 bits per heavy atom. The Bertz CT molecular complexity index is 1020. The number of aryl methyl sites for hydroxylation is 1. The second kappa shape index (κ2) is 9.20. The monoisotopic (exact) mass is 411 g/mol. The SMILES string of the molecule is CNC(=O)c1c(C)cccc1NC(=O)c1ccc(OCc2cscn2)c(OC)c1. The highest BCUT2D eigenvalue weighted by Gasteiger charge is 2.17. The number of nitrogens with one attached hydrogen (secondary N) is 2. The summed E-state index contributed by atoms with van der Waals surface area (Å²) in [5, 5.41) is 7.30. The first-order valence-corrected chi connectivity index (χ1v) is 9.78. The molecule has 150 valence electrons. The van der Waals surface area contributed by atoms with Crippen LogP contribution in [0.25, 0.3) is 0 Å². The van der Waals surface area contributed by atoms with Gasteiger partial charge in [0.25, 0.3) is 11.8 Å². The van der Waals surface area contributed by atoms with Crippen LogP contribution in [-0.4, -0.2) is 31.0 Å². The highest BCUT2D eigenvalue weighted by Crippen LogP contribution is 2.29. The Kier molecular flexibility index (Phi) is 6.46. The van der Waals surface area contributed by atoms with E-state index in [4.69, 9.17) is 9.47 Å². The molecule has 1 aromatic heterocycles. The number of carbonyl (C=O) groups is 2. The molecular weight excluding hydrogens is 390 g/mol. The average molecular weight is 411 g/mol. The van der Waals surface area contributed by atoms with Crippen LogP contribution in [0.4, 0.5) is 5.69 Å². The van der Waals surface area contributed by atoms with E-state index in [-0.39, 0.29) is 11.8 Å². The number of methoxy groups -OCH3 is 1. The molecule has 3 rings (SSSR count). The summed E-state index contributed by atoms with van der Waals surface area (Å²) in [4.78, 5) is 29.1. The van der Waals surface area contributed by atoms with Gasteiger partial charge in [-0.2, -0.15) is 0 Å². The Labute approximate surface area is 172 Å². The summed E-state index contributed by atoms with van der Waals surface area (Å²) in [6.07, 6.45) is 0. The van der Waals surface area contributed by atoms with E-state index in [1.54, 1.807) is 42.9 Å². The topological polar surface area (TPSA) is 89.6 Å². The van der Waals surface area contributed by atoms with E-state index in [9.17, 15) is 9.59 Å². The summed E-state index contributed by atoms with van der Waals surface area (Å²) in [6.45, 7) is 2.13. The molecule has 7 nitrogen and oxygen atoms in total. The smallest absolute Gasteiger partial charge is 0.255 e. The molecule has 0 unspecified atom stereocenters. The Morgan fingerprint density at radius 3 is 2.66 bits per heavy atom. The molecule has 3 aromatic rings. The number of carbonyl (C=O) groups excluding carboxylic acids is 2. The van der Waals surface area contributed by atoms with Gasteiger partial charge in [-0.3, -0.25) is 9.59 Å². The number of amides is 2. The van der Waals surface area contributed by atoms with Crippen molar-refractivity contribution in [2.24, 2.45) is 0 Å². The van der Waals surface area contributed by atoms with Crippen LogP contribution in [0, 0.1) is 6.92 Å². The maximum Gasteiger partial charge on any atom is 0.255 e. The van der Waals surface area contributed by atoms with Gasteiger partial charge in [0.2, 0.25) is 0 Å². The Balaban J connectivity index is 1.79. The van der Waals surface area contributed by atoms with Crippen LogP contribution >= 0.6 is 11.3 Å². The van der Waals surface area contributed by atoms with Gasteiger partial charge in [-0.25, -0.2) is 4.98 Å². The Morgan fingerprint density at radius 1 is 1.14 bits per heavy atom. The van der Waals surface area contributed by atoms with Gasteiger partial charge in [0, 0.05) is 18.0 Å². The van der Waals surface area contributed by atoms with Gasteiger partial charge in [0.05, 0.1) is 29.6 Å². The summed E-state index contributed by atoms with van der Waals surface area (Å²) in [7, 11) is 3.06. The first-order chi connectivity index (χ1) is 14.0. The molecule has 0 aliphatic rings. The molecule has 2 amide bonds. The molecule has 0 atom stereocenters. The largest absolute Gasteiger partial charge is 0.493 e. The fourth-order valence-corrected chi connectivity index (χ4v) is 3.32. The molecule has 2 N–H and O–H groups in total. The van der Waals surface area contributed by atoms with Gasteiger partial charge in [-0.15, -0.1) is 11.3 Å². The lowest BCUT2D eigenvalue weighted by molar-refractivity contribution is 0.0963. The maximum atomic E-state index is 12.8. The van der Waals surface area contributed by atoms with E-state index < -0.39 is 0 Å². The molecule has 0 radical (unpaired) electrons. The average Bonchev–Trinajstić information content (AvgIpc) is 3.25. The van der Waals surface area contributed by atoms with Crippen LogP contribution in [0.3, 0.4) is 0 Å². The summed E-state index contributed by atoms with van der Waals surface area (Å²) in [5.41, 5.74) is 4.58. The van der Waals surface area contributed by atoms with Crippen molar-refractivity contribution < 1.29 is 19.1 Å². The van der Waals surface area contributed by atoms with E-state index in [0.29, 0.717) is 34.9 Å². The number of nitrogens with zero attached hydrogens (tertiary/aromatic N) is 1. The third-order valence-electron chi connectivity index (χ3n) is 4.26. The highest BCUT2D eigenvalue weighted by molar-refractivity contribution is 7.07. The zero-order chi connectivity index (χ0) is 20.8. The highest BCUT2D eigenvalue weighted by atomic mass is 32.1. The van der Waals surface area contributed by atoms with Gasteiger partial charge < -0.3 is 20.1 Å². The summed E-state index contributed by atoms with van der Waals surface area (Å²) >= 11 is 1.49. The molecule has 2 aromatic carbocycles. The van der Waals surface area contributed by atoms with E-state index in [1.807, 2.05) is 18.4 Å². The second-order valence-electron chi connectivity index (χ2n) is 6.16. The van der Waals surface area contributed by atoms with Gasteiger partial charge in [-0.05, 0) is 36.8 Å². The predicted octanol–water partition coefficient (Wildman–Crippen LogP) is 3.65. The van der Waals surface area contributed by atoms with Gasteiger partial charge in [-0.1, -0.05) is 12.1 Å². The van der Waals surface area contributed by atoms with Crippen LogP contribution < -0.4 is 20.1 Å². The minimum Gasteiger partial charge on any atom is -0.493 e. The molecule has 0 aliphatic heterocycles. The van der Waals surface area contributed by atoms with Crippen molar-refractivity contribution in [1.82, 2.24) is 10.3 Å². The number of hydrogen-bond donors (Lipinski definition) is 2. The normalized spacial score (nSPS) is 10.3. The van der Waals surface area contributed by atoms with Gasteiger partial charge in [0.15, 0.2) is 11.5 Å². The minimum absolute atomic E-state index is 0.262. The molecule has 0 saturated carbocycles. The van der Waals surface area contributed by atoms with Crippen LogP contribution in [0.5, 0.6) is 11.5 Å². The first-order valence-electron chi connectivity index (χ1n) is 8.84. The first kappa shape index (κ1) is 20.3. The lowest BCUT2D eigenvalue weighted by Gasteiger charge is -2.14. The maximum absolute atomic E-state index is 12.8. The van der Waals surface area contributed by atoms with Crippen molar-refractivity contribution in [2.75, 3.05) is 19.5 Å². The van der Waals surface area contributed by atoms with E-state index in [0.717, 1.165) is 11.3 Å². The molecule has 0 fully saturated rings. The van der Waals surface area contributed by atoms with Gasteiger partial charge >= 0.3 is 0 Å². The number of hydrogen-bond acceptors (Lipinski definition) is 6. The van der Waals surface area contributed by atoms with Crippen LogP contribution in [0.15, 0.2) is 47.3 Å². The zero-order valence-electron chi connectivity index (χ0n) is 16.3. The molecule has 0 spiro atoms. The molecular formula is C21H21N3O4S. The van der Waals surface area contributed by atoms with Gasteiger partial charge in [0.1, 0.15) is 6.61 Å². The molecule has 0 saturated heterocycles. The van der Waals surface area contributed by atoms with Crippen molar-refractivity contribution in [2.45, 2.75) is 13.5 Å². The van der Waals surface area contributed by atoms with Crippen molar-refractivity contribution >= 4 is 28.8 Å². The lowest BCUT2D eigenvalue weighted by Crippen LogP contribution is -2.22. The number of aromatic nitrogens is 1. The third kappa shape index (κ3) is 4.72. The fraction of sp³-hybridized carbons (Fsp3) is 0.190. The quantitative estimate of drug-likeness (QED) is 0.619. The number of anilines is 1.